The highest BCUT2D eigenvalue weighted by Crippen LogP contribution is 2.25. The summed E-state index contributed by atoms with van der Waals surface area (Å²) in [5, 5.41) is 13.5. The van der Waals surface area contributed by atoms with Gasteiger partial charge < -0.3 is 5.32 Å². The first-order valence-corrected chi connectivity index (χ1v) is 10.5. The first-order valence-electron chi connectivity index (χ1n) is 8.29. The number of aromatic nitrogens is 4. The van der Waals surface area contributed by atoms with Gasteiger partial charge in [0.2, 0.25) is 11.1 Å². The molecule has 140 valence electrons. The van der Waals surface area contributed by atoms with E-state index in [1.165, 1.54) is 23.1 Å². The van der Waals surface area contributed by atoms with Crippen LogP contribution < -0.4 is 5.32 Å². The average molecular weight is 428 g/mol. The van der Waals surface area contributed by atoms with Crippen LogP contribution >= 0.6 is 34.7 Å². The molecule has 28 heavy (non-hydrogen) atoms. The standard InChI is InChI=1S/C19H14ClN5OS2/c20-14-8-6-13(7-9-14)17-23-19(25-24-17)28-11-16(26)22-18-21-15(10-27-18)12-4-2-1-3-5-12/h1-10H,11H2,(H,21,22,26)(H,23,24,25). The molecule has 0 bridgehead atoms. The van der Waals surface area contributed by atoms with Crippen molar-refractivity contribution in [1.29, 1.82) is 0 Å². The van der Waals surface area contributed by atoms with Crippen LogP contribution in [0, 0.1) is 0 Å². The normalized spacial score (nSPS) is 10.8. The maximum Gasteiger partial charge on any atom is 0.236 e. The Morgan fingerprint density at radius 3 is 2.64 bits per heavy atom. The molecule has 4 rings (SSSR count). The minimum absolute atomic E-state index is 0.156. The number of rotatable bonds is 6. The van der Waals surface area contributed by atoms with E-state index in [0.29, 0.717) is 21.1 Å². The van der Waals surface area contributed by atoms with E-state index in [1.807, 2.05) is 47.8 Å². The Hall–Kier alpha value is -2.68. The summed E-state index contributed by atoms with van der Waals surface area (Å²) >= 11 is 8.54. The second-order valence-electron chi connectivity index (χ2n) is 5.71. The zero-order valence-electron chi connectivity index (χ0n) is 14.4. The number of hydrogen-bond acceptors (Lipinski definition) is 6. The van der Waals surface area contributed by atoms with Crippen LogP contribution in [0.15, 0.2) is 65.1 Å². The number of thioether (sulfide) groups is 1. The van der Waals surface area contributed by atoms with Gasteiger partial charge in [-0.05, 0) is 24.3 Å². The van der Waals surface area contributed by atoms with Crippen molar-refractivity contribution < 1.29 is 4.79 Å². The van der Waals surface area contributed by atoms with E-state index in [4.69, 9.17) is 11.6 Å². The topological polar surface area (TPSA) is 83.6 Å². The molecule has 2 N–H and O–H groups in total. The molecule has 0 saturated carbocycles. The number of H-pyrrole nitrogens is 1. The van der Waals surface area contributed by atoms with Crippen LogP contribution in [0.3, 0.4) is 0 Å². The van der Waals surface area contributed by atoms with Gasteiger partial charge in [0.15, 0.2) is 11.0 Å². The summed E-state index contributed by atoms with van der Waals surface area (Å²) in [6.07, 6.45) is 0. The Bertz CT molecular complexity index is 1080. The summed E-state index contributed by atoms with van der Waals surface area (Å²) < 4.78 is 0. The summed E-state index contributed by atoms with van der Waals surface area (Å²) in [7, 11) is 0. The highest BCUT2D eigenvalue weighted by Gasteiger charge is 2.11. The van der Waals surface area contributed by atoms with E-state index in [9.17, 15) is 4.79 Å². The Labute approximate surface area is 174 Å². The molecule has 0 unspecified atom stereocenters. The fourth-order valence-corrected chi connectivity index (χ4v) is 3.87. The van der Waals surface area contributed by atoms with Crippen LogP contribution in [0.1, 0.15) is 0 Å². The molecule has 4 aromatic rings. The Morgan fingerprint density at radius 1 is 1.07 bits per heavy atom. The van der Waals surface area contributed by atoms with Crippen molar-refractivity contribution in [2.24, 2.45) is 0 Å². The Balaban J connectivity index is 1.33. The summed E-state index contributed by atoms with van der Waals surface area (Å²) in [4.78, 5) is 21.0. The van der Waals surface area contributed by atoms with Crippen LogP contribution in [-0.2, 0) is 4.79 Å². The molecule has 2 aromatic heterocycles. The molecule has 2 heterocycles. The van der Waals surface area contributed by atoms with Gasteiger partial charge in [0.25, 0.3) is 0 Å². The van der Waals surface area contributed by atoms with Crippen LogP contribution in [0.25, 0.3) is 22.6 Å². The van der Waals surface area contributed by atoms with Crippen molar-refractivity contribution >= 4 is 45.7 Å². The molecule has 0 atom stereocenters. The molecule has 0 saturated heterocycles. The second-order valence-corrected chi connectivity index (χ2v) is 7.95. The van der Waals surface area contributed by atoms with Crippen molar-refractivity contribution in [3.63, 3.8) is 0 Å². The zero-order valence-corrected chi connectivity index (χ0v) is 16.8. The third kappa shape index (κ3) is 4.59. The van der Waals surface area contributed by atoms with Gasteiger partial charge in [-0.25, -0.2) is 9.97 Å². The average Bonchev–Trinajstić information content (AvgIpc) is 3.37. The molecule has 9 heteroatoms. The van der Waals surface area contributed by atoms with Crippen LogP contribution in [-0.4, -0.2) is 31.8 Å². The van der Waals surface area contributed by atoms with Crippen molar-refractivity contribution in [3.05, 3.63) is 65.0 Å². The minimum Gasteiger partial charge on any atom is -0.301 e. The van der Waals surface area contributed by atoms with Gasteiger partial charge in [-0.15, -0.1) is 16.4 Å². The summed E-state index contributed by atoms with van der Waals surface area (Å²) in [6.45, 7) is 0. The van der Waals surface area contributed by atoms with Crippen molar-refractivity contribution in [2.75, 3.05) is 11.1 Å². The molecular weight excluding hydrogens is 414 g/mol. The van der Waals surface area contributed by atoms with E-state index >= 15 is 0 Å². The maximum atomic E-state index is 12.2. The molecule has 0 aliphatic heterocycles. The SMILES string of the molecule is O=C(CSc1n[nH]c(-c2ccc(Cl)cc2)n1)Nc1nc(-c2ccccc2)cs1. The lowest BCUT2D eigenvalue weighted by Crippen LogP contribution is -2.13. The smallest absolute Gasteiger partial charge is 0.236 e. The number of amides is 1. The Morgan fingerprint density at radius 2 is 1.86 bits per heavy atom. The predicted molar refractivity (Wildman–Crippen MR) is 114 cm³/mol. The number of thiazole rings is 1. The number of halogens is 1. The molecule has 2 aromatic carbocycles. The number of carbonyl (C=O) groups is 1. The quantitative estimate of drug-likeness (QED) is 0.424. The molecular formula is C19H14ClN5OS2. The summed E-state index contributed by atoms with van der Waals surface area (Å²) in [5.74, 6) is 0.668. The number of carbonyl (C=O) groups excluding carboxylic acids is 1. The van der Waals surface area contributed by atoms with Gasteiger partial charge >= 0.3 is 0 Å². The monoisotopic (exact) mass is 427 g/mol. The van der Waals surface area contributed by atoms with E-state index in [2.05, 4.69) is 25.5 Å². The lowest BCUT2D eigenvalue weighted by molar-refractivity contribution is -0.113. The summed E-state index contributed by atoms with van der Waals surface area (Å²) in [6, 6.07) is 17.1. The van der Waals surface area contributed by atoms with Gasteiger partial charge in [0, 0.05) is 21.5 Å². The fourth-order valence-electron chi connectivity index (χ4n) is 2.41. The van der Waals surface area contributed by atoms with E-state index in [0.717, 1.165) is 16.8 Å². The third-order valence-corrected chi connectivity index (χ3v) is 5.59. The molecule has 0 aliphatic carbocycles. The van der Waals surface area contributed by atoms with Crippen molar-refractivity contribution in [1.82, 2.24) is 20.2 Å². The molecule has 1 amide bonds. The Kier molecular flexibility index (Phi) is 5.70. The lowest BCUT2D eigenvalue weighted by Gasteiger charge is -1.99. The van der Waals surface area contributed by atoms with E-state index < -0.39 is 0 Å². The van der Waals surface area contributed by atoms with E-state index in [1.54, 1.807) is 12.1 Å². The van der Waals surface area contributed by atoms with Crippen LogP contribution in [0.5, 0.6) is 0 Å². The molecule has 0 spiro atoms. The van der Waals surface area contributed by atoms with E-state index in [-0.39, 0.29) is 11.7 Å². The zero-order chi connectivity index (χ0) is 19.3. The second kappa shape index (κ2) is 8.55. The van der Waals surface area contributed by atoms with Crippen LogP contribution in [0.2, 0.25) is 5.02 Å². The fraction of sp³-hybridized carbons (Fsp3) is 0.0526. The highest BCUT2D eigenvalue weighted by molar-refractivity contribution is 7.99. The summed E-state index contributed by atoms with van der Waals surface area (Å²) in [5.41, 5.74) is 2.74. The van der Waals surface area contributed by atoms with Crippen molar-refractivity contribution in [3.8, 4) is 22.6 Å². The van der Waals surface area contributed by atoms with Gasteiger partial charge in [-0.2, -0.15) is 0 Å². The largest absolute Gasteiger partial charge is 0.301 e. The van der Waals surface area contributed by atoms with Gasteiger partial charge in [0.05, 0.1) is 11.4 Å². The first kappa shape index (κ1) is 18.7. The number of hydrogen-bond donors (Lipinski definition) is 2. The van der Waals surface area contributed by atoms with Gasteiger partial charge in [0.1, 0.15) is 0 Å². The lowest BCUT2D eigenvalue weighted by atomic mass is 10.2. The number of nitrogens with one attached hydrogen (secondary N) is 2. The molecule has 6 nitrogen and oxygen atoms in total. The molecule has 0 fully saturated rings. The third-order valence-electron chi connectivity index (χ3n) is 3.74. The predicted octanol–water partition coefficient (Wildman–Crippen LogP) is 4.98. The minimum atomic E-state index is -0.156. The maximum absolute atomic E-state index is 12.2. The molecule has 0 aliphatic rings. The number of anilines is 1. The van der Waals surface area contributed by atoms with Gasteiger partial charge in [-0.3, -0.25) is 9.89 Å². The number of nitrogens with zero attached hydrogens (tertiary/aromatic N) is 3. The number of aromatic amines is 1. The van der Waals surface area contributed by atoms with Crippen molar-refractivity contribution in [2.45, 2.75) is 5.16 Å². The molecule has 0 radical (unpaired) electrons. The highest BCUT2D eigenvalue weighted by atomic mass is 35.5. The van der Waals surface area contributed by atoms with Crippen LogP contribution in [0.4, 0.5) is 5.13 Å². The van der Waals surface area contributed by atoms with Gasteiger partial charge in [-0.1, -0.05) is 53.7 Å². The first-order chi connectivity index (χ1) is 13.7. The number of benzene rings is 2.